The zero-order chi connectivity index (χ0) is 10.8. The van der Waals surface area contributed by atoms with Crippen LogP contribution in [-0.4, -0.2) is 20.3 Å². The number of aryl methyl sites for hydroxylation is 1. The number of epoxide rings is 1. The number of hydrogen-bond donors (Lipinski definition) is 0. The number of methoxy groups -OCH3 is 1. The fraction of sp³-hybridized carbons (Fsp3) is 0.500. The summed E-state index contributed by atoms with van der Waals surface area (Å²) in [6.45, 7) is 8.04. The molecule has 1 aliphatic heterocycles. The van der Waals surface area contributed by atoms with Crippen molar-refractivity contribution in [2.75, 3.05) is 20.3 Å². The number of ether oxygens (including phenoxy) is 2. The van der Waals surface area contributed by atoms with Crippen LogP contribution in [0.3, 0.4) is 0 Å². The third-order valence-corrected chi connectivity index (χ3v) is 1.43. The van der Waals surface area contributed by atoms with Gasteiger partial charge in [0, 0.05) is 0 Å². The predicted molar refractivity (Wildman–Crippen MR) is 59.9 cm³/mol. The van der Waals surface area contributed by atoms with Crippen molar-refractivity contribution in [2.24, 2.45) is 0 Å². The summed E-state index contributed by atoms with van der Waals surface area (Å²) < 4.78 is 9.50. The molecule has 0 amide bonds. The molecule has 2 rings (SSSR count). The standard InChI is InChI=1S/C8H10O.C2H4O.C2H6/c1-7-4-3-5-8(6-7)9-2;1-2-3-1;1-2/h3-6H,1-2H3;1-2H2;1-2H3. The number of hydrogen-bond acceptors (Lipinski definition) is 2. The first-order valence-corrected chi connectivity index (χ1v) is 5.01. The fourth-order valence-electron chi connectivity index (χ4n) is 0.742. The van der Waals surface area contributed by atoms with Crippen LogP contribution in [-0.2, 0) is 4.74 Å². The van der Waals surface area contributed by atoms with Crippen LogP contribution >= 0.6 is 0 Å². The third kappa shape index (κ3) is 7.62. The Morgan fingerprint density at radius 3 is 2.07 bits per heavy atom. The SMILES string of the molecule is C1CO1.CC.COc1cccc(C)c1. The molecule has 1 aromatic rings. The van der Waals surface area contributed by atoms with Gasteiger partial charge in [-0.05, 0) is 24.6 Å². The van der Waals surface area contributed by atoms with Crippen molar-refractivity contribution in [3.8, 4) is 5.75 Å². The van der Waals surface area contributed by atoms with Gasteiger partial charge in [0.15, 0.2) is 0 Å². The molecular formula is C12H20O2. The van der Waals surface area contributed by atoms with Crippen molar-refractivity contribution in [1.29, 1.82) is 0 Å². The molecule has 0 saturated carbocycles. The molecule has 2 nitrogen and oxygen atoms in total. The average molecular weight is 196 g/mol. The van der Waals surface area contributed by atoms with Gasteiger partial charge < -0.3 is 9.47 Å². The van der Waals surface area contributed by atoms with E-state index >= 15 is 0 Å². The molecule has 14 heavy (non-hydrogen) atoms. The molecule has 1 saturated heterocycles. The first kappa shape index (κ1) is 13.0. The Balaban J connectivity index is 0.000000280. The van der Waals surface area contributed by atoms with Crippen molar-refractivity contribution in [3.05, 3.63) is 29.8 Å². The Kier molecular flexibility index (Phi) is 7.95. The minimum Gasteiger partial charge on any atom is -0.497 e. The van der Waals surface area contributed by atoms with Crippen molar-refractivity contribution in [3.63, 3.8) is 0 Å². The Hall–Kier alpha value is -1.02. The molecule has 0 aliphatic carbocycles. The lowest BCUT2D eigenvalue weighted by Gasteiger charge is -1.97. The van der Waals surface area contributed by atoms with Gasteiger partial charge in [-0.15, -0.1) is 0 Å². The summed E-state index contributed by atoms with van der Waals surface area (Å²) in [5, 5.41) is 0. The van der Waals surface area contributed by atoms with Crippen molar-refractivity contribution in [1.82, 2.24) is 0 Å². The van der Waals surface area contributed by atoms with E-state index in [9.17, 15) is 0 Å². The quantitative estimate of drug-likeness (QED) is 0.644. The predicted octanol–water partition coefficient (Wildman–Crippen LogP) is 3.05. The van der Waals surface area contributed by atoms with Gasteiger partial charge in [0.1, 0.15) is 5.75 Å². The normalized spacial score (nSPS) is 11.4. The second kappa shape index (κ2) is 8.57. The van der Waals surface area contributed by atoms with E-state index in [0.29, 0.717) is 0 Å². The van der Waals surface area contributed by atoms with Gasteiger partial charge in [-0.3, -0.25) is 0 Å². The minimum absolute atomic E-state index is 0.926. The molecule has 0 N–H and O–H groups in total. The van der Waals surface area contributed by atoms with Crippen LogP contribution in [0.25, 0.3) is 0 Å². The first-order valence-electron chi connectivity index (χ1n) is 5.01. The molecule has 0 atom stereocenters. The monoisotopic (exact) mass is 196 g/mol. The Labute approximate surface area is 86.9 Å². The summed E-state index contributed by atoms with van der Waals surface area (Å²) in [5.41, 5.74) is 1.23. The molecule has 80 valence electrons. The maximum absolute atomic E-state index is 5.00. The van der Waals surface area contributed by atoms with E-state index in [0.717, 1.165) is 19.0 Å². The van der Waals surface area contributed by atoms with Crippen molar-refractivity contribution >= 4 is 0 Å². The zero-order valence-corrected chi connectivity index (χ0v) is 9.54. The van der Waals surface area contributed by atoms with Crippen LogP contribution < -0.4 is 4.74 Å². The molecule has 0 aromatic heterocycles. The summed E-state index contributed by atoms with van der Waals surface area (Å²) in [6.07, 6.45) is 0. The van der Waals surface area contributed by atoms with Crippen LogP contribution in [0.2, 0.25) is 0 Å². The molecule has 1 fully saturated rings. The van der Waals surface area contributed by atoms with Crippen LogP contribution in [0.4, 0.5) is 0 Å². The lowest BCUT2D eigenvalue weighted by atomic mass is 10.2. The fourth-order valence-corrected chi connectivity index (χ4v) is 0.742. The van der Waals surface area contributed by atoms with E-state index in [1.807, 2.05) is 45.0 Å². The van der Waals surface area contributed by atoms with Gasteiger partial charge in [-0.1, -0.05) is 26.0 Å². The number of benzene rings is 1. The molecule has 0 radical (unpaired) electrons. The highest BCUT2D eigenvalue weighted by atomic mass is 16.6. The highest BCUT2D eigenvalue weighted by Gasteiger charge is 1.94. The van der Waals surface area contributed by atoms with E-state index in [2.05, 4.69) is 4.74 Å². The summed E-state index contributed by atoms with van der Waals surface area (Å²) >= 11 is 0. The zero-order valence-electron chi connectivity index (χ0n) is 9.54. The Bertz CT molecular complexity index is 229. The van der Waals surface area contributed by atoms with Crippen LogP contribution in [0.1, 0.15) is 19.4 Å². The second-order valence-electron chi connectivity index (χ2n) is 2.63. The molecule has 1 aliphatic rings. The van der Waals surface area contributed by atoms with Crippen LogP contribution in [0.15, 0.2) is 24.3 Å². The van der Waals surface area contributed by atoms with Gasteiger partial charge >= 0.3 is 0 Å². The largest absolute Gasteiger partial charge is 0.497 e. The van der Waals surface area contributed by atoms with Crippen molar-refractivity contribution < 1.29 is 9.47 Å². The summed E-state index contributed by atoms with van der Waals surface area (Å²) in [7, 11) is 1.68. The first-order chi connectivity index (χ1) is 6.83. The van der Waals surface area contributed by atoms with Gasteiger partial charge in [-0.2, -0.15) is 0 Å². The van der Waals surface area contributed by atoms with Crippen LogP contribution in [0.5, 0.6) is 5.75 Å². The van der Waals surface area contributed by atoms with E-state index < -0.39 is 0 Å². The minimum atomic E-state index is 0.926. The van der Waals surface area contributed by atoms with E-state index in [-0.39, 0.29) is 0 Å². The summed E-state index contributed by atoms with van der Waals surface area (Å²) in [4.78, 5) is 0. The highest BCUT2D eigenvalue weighted by Crippen LogP contribution is 2.10. The van der Waals surface area contributed by atoms with E-state index in [1.165, 1.54) is 5.56 Å². The second-order valence-corrected chi connectivity index (χ2v) is 2.63. The van der Waals surface area contributed by atoms with Crippen molar-refractivity contribution in [2.45, 2.75) is 20.8 Å². The smallest absolute Gasteiger partial charge is 0.119 e. The van der Waals surface area contributed by atoms with Gasteiger partial charge in [0.2, 0.25) is 0 Å². The molecule has 0 spiro atoms. The van der Waals surface area contributed by atoms with Gasteiger partial charge in [-0.25, -0.2) is 0 Å². The van der Waals surface area contributed by atoms with E-state index in [1.54, 1.807) is 7.11 Å². The molecule has 1 heterocycles. The lowest BCUT2D eigenvalue weighted by Crippen LogP contribution is -1.81. The number of rotatable bonds is 1. The molecule has 1 aromatic carbocycles. The molecule has 2 heteroatoms. The Morgan fingerprint density at radius 1 is 1.21 bits per heavy atom. The topological polar surface area (TPSA) is 21.8 Å². The van der Waals surface area contributed by atoms with E-state index in [4.69, 9.17) is 4.74 Å². The maximum atomic E-state index is 5.00. The third-order valence-electron chi connectivity index (χ3n) is 1.43. The van der Waals surface area contributed by atoms with Gasteiger partial charge in [0.05, 0.1) is 20.3 Å². The summed E-state index contributed by atoms with van der Waals surface area (Å²) in [6, 6.07) is 7.96. The average Bonchev–Trinajstić information content (AvgIpc) is 3.08. The molecular weight excluding hydrogens is 176 g/mol. The van der Waals surface area contributed by atoms with Crippen LogP contribution in [0, 0.1) is 6.92 Å². The summed E-state index contributed by atoms with van der Waals surface area (Å²) in [5.74, 6) is 0.926. The maximum Gasteiger partial charge on any atom is 0.119 e. The molecule has 0 unspecified atom stereocenters. The molecule has 0 bridgehead atoms. The van der Waals surface area contributed by atoms with Gasteiger partial charge in [0.25, 0.3) is 0 Å². The lowest BCUT2D eigenvalue weighted by molar-refractivity contribution is 0.414. The highest BCUT2D eigenvalue weighted by molar-refractivity contribution is 5.27. The Morgan fingerprint density at radius 2 is 1.79 bits per heavy atom.